The smallest absolute Gasteiger partial charge is 0.271 e. The number of nitrogens with zero attached hydrogens (tertiary/aromatic N) is 1. The van der Waals surface area contributed by atoms with Crippen LogP contribution in [0.15, 0.2) is 84.0 Å². The van der Waals surface area contributed by atoms with Crippen LogP contribution < -0.4 is 15.5 Å². The molecule has 0 saturated heterocycles. The Kier molecular flexibility index (Phi) is 7.16. The quantitative estimate of drug-likeness (QED) is 0.310. The first-order valence-corrected chi connectivity index (χ1v) is 9.40. The molecular formula is C24H21N3O4. The number of amides is 2. The summed E-state index contributed by atoms with van der Waals surface area (Å²) in [6.45, 7) is 0. The lowest BCUT2D eigenvalue weighted by Gasteiger charge is -2.05. The van der Waals surface area contributed by atoms with Crippen LogP contribution in [0.5, 0.6) is 11.5 Å². The third kappa shape index (κ3) is 6.30. The summed E-state index contributed by atoms with van der Waals surface area (Å²) in [5, 5.41) is 16.2. The Morgan fingerprint density at radius 1 is 0.968 bits per heavy atom. The Morgan fingerprint density at radius 2 is 1.71 bits per heavy atom. The maximum Gasteiger partial charge on any atom is 0.271 e. The van der Waals surface area contributed by atoms with Crippen molar-refractivity contribution in [1.82, 2.24) is 5.43 Å². The van der Waals surface area contributed by atoms with Crippen molar-refractivity contribution in [3.8, 4) is 11.5 Å². The highest BCUT2D eigenvalue weighted by molar-refractivity contribution is 6.02. The molecule has 0 spiro atoms. The fourth-order valence-electron chi connectivity index (χ4n) is 2.63. The number of anilines is 1. The lowest BCUT2D eigenvalue weighted by molar-refractivity contribution is -0.111. The number of carbonyl (C=O) groups is 2. The molecule has 3 aromatic rings. The van der Waals surface area contributed by atoms with E-state index >= 15 is 0 Å². The Labute approximate surface area is 179 Å². The predicted octanol–water partition coefficient (Wildman–Crippen LogP) is 3.82. The molecule has 2 amide bonds. The summed E-state index contributed by atoms with van der Waals surface area (Å²) in [6, 6.07) is 20.7. The zero-order valence-corrected chi connectivity index (χ0v) is 16.8. The maximum atomic E-state index is 12.2. The van der Waals surface area contributed by atoms with E-state index in [-0.39, 0.29) is 11.7 Å². The lowest BCUT2D eigenvalue weighted by Crippen LogP contribution is -2.17. The Hall–Kier alpha value is -4.39. The Bertz CT molecular complexity index is 1110. The van der Waals surface area contributed by atoms with E-state index in [1.165, 1.54) is 25.5 Å². The Balaban J connectivity index is 1.54. The minimum Gasteiger partial charge on any atom is -0.504 e. The fourth-order valence-corrected chi connectivity index (χ4v) is 2.63. The number of nitrogens with one attached hydrogen (secondary N) is 2. The number of hydrazone groups is 1. The van der Waals surface area contributed by atoms with Gasteiger partial charge in [-0.3, -0.25) is 9.59 Å². The van der Waals surface area contributed by atoms with E-state index in [1.807, 2.05) is 30.3 Å². The molecule has 7 heteroatoms. The Morgan fingerprint density at radius 3 is 2.42 bits per heavy atom. The molecule has 0 radical (unpaired) electrons. The van der Waals surface area contributed by atoms with E-state index in [0.29, 0.717) is 22.6 Å². The molecule has 156 valence electrons. The zero-order valence-electron chi connectivity index (χ0n) is 16.8. The number of methoxy groups -OCH3 is 1. The van der Waals surface area contributed by atoms with Gasteiger partial charge in [-0.25, -0.2) is 5.43 Å². The molecule has 7 nitrogen and oxygen atoms in total. The van der Waals surface area contributed by atoms with Crippen LogP contribution in [-0.2, 0) is 4.79 Å². The minimum atomic E-state index is -0.399. The van der Waals surface area contributed by atoms with E-state index in [2.05, 4.69) is 15.8 Å². The third-order valence-electron chi connectivity index (χ3n) is 4.22. The number of phenolic OH excluding ortho intramolecular Hbond substituents is 1. The van der Waals surface area contributed by atoms with Gasteiger partial charge in [0.05, 0.1) is 13.3 Å². The number of ether oxygens (including phenoxy) is 1. The molecule has 3 rings (SSSR count). The summed E-state index contributed by atoms with van der Waals surface area (Å²) in [5.74, 6) is -0.336. The molecule has 0 atom stereocenters. The van der Waals surface area contributed by atoms with Gasteiger partial charge < -0.3 is 15.2 Å². The largest absolute Gasteiger partial charge is 0.504 e. The van der Waals surface area contributed by atoms with Crippen molar-refractivity contribution >= 4 is 29.8 Å². The number of phenols is 1. The molecule has 0 aliphatic heterocycles. The second-order valence-electron chi connectivity index (χ2n) is 6.44. The van der Waals surface area contributed by atoms with Gasteiger partial charge in [0.25, 0.3) is 5.91 Å². The van der Waals surface area contributed by atoms with Gasteiger partial charge in [0.1, 0.15) is 0 Å². The number of carbonyl (C=O) groups excluding carboxylic acids is 2. The average Bonchev–Trinajstić information content (AvgIpc) is 2.80. The van der Waals surface area contributed by atoms with E-state index in [0.717, 1.165) is 5.56 Å². The molecule has 0 heterocycles. The van der Waals surface area contributed by atoms with Gasteiger partial charge in [-0.05, 0) is 59.7 Å². The second kappa shape index (κ2) is 10.4. The number of hydrogen-bond donors (Lipinski definition) is 3. The normalized spacial score (nSPS) is 10.9. The van der Waals surface area contributed by atoms with Gasteiger partial charge in [-0.1, -0.05) is 30.3 Å². The van der Waals surface area contributed by atoms with Crippen molar-refractivity contribution in [2.24, 2.45) is 5.10 Å². The SMILES string of the molecule is COc1cc(/C=N\NC(=O)c2ccc(NC(=O)/C=C/c3ccccc3)cc2)ccc1O. The molecule has 0 unspecified atom stereocenters. The average molecular weight is 415 g/mol. The molecule has 0 aliphatic rings. The maximum absolute atomic E-state index is 12.2. The highest BCUT2D eigenvalue weighted by Gasteiger charge is 2.05. The summed E-state index contributed by atoms with van der Waals surface area (Å²) in [4.78, 5) is 24.2. The first-order valence-electron chi connectivity index (χ1n) is 9.40. The number of benzene rings is 3. The van der Waals surface area contributed by atoms with Crippen molar-refractivity contribution in [1.29, 1.82) is 0 Å². The first kappa shape index (κ1) is 21.3. The second-order valence-corrected chi connectivity index (χ2v) is 6.44. The molecule has 31 heavy (non-hydrogen) atoms. The van der Waals surface area contributed by atoms with Crippen LogP contribution in [-0.4, -0.2) is 30.2 Å². The van der Waals surface area contributed by atoms with Crippen LogP contribution in [0, 0.1) is 0 Å². The molecule has 0 aliphatic carbocycles. The van der Waals surface area contributed by atoms with Gasteiger partial charge in [-0.2, -0.15) is 5.10 Å². The summed E-state index contributed by atoms with van der Waals surface area (Å²) < 4.78 is 5.03. The summed E-state index contributed by atoms with van der Waals surface area (Å²) in [6.07, 6.45) is 4.61. The highest BCUT2D eigenvalue weighted by Crippen LogP contribution is 2.25. The zero-order chi connectivity index (χ0) is 22.1. The van der Waals surface area contributed by atoms with Crippen LogP contribution in [0.4, 0.5) is 5.69 Å². The van der Waals surface area contributed by atoms with Crippen molar-refractivity contribution in [3.63, 3.8) is 0 Å². The van der Waals surface area contributed by atoms with Crippen LogP contribution in [0.2, 0.25) is 0 Å². The monoisotopic (exact) mass is 415 g/mol. The van der Waals surface area contributed by atoms with Crippen LogP contribution in [0.3, 0.4) is 0 Å². The molecule has 0 saturated carbocycles. The van der Waals surface area contributed by atoms with Crippen molar-refractivity contribution in [3.05, 3.63) is 95.6 Å². The molecular weight excluding hydrogens is 394 g/mol. The minimum absolute atomic E-state index is 0.0198. The van der Waals surface area contributed by atoms with Crippen molar-refractivity contribution in [2.75, 3.05) is 12.4 Å². The van der Waals surface area contributed by atoms with Crippen molar-refractivity contribution < 1.29 is 19.4 Å². The summed E-state index contributed by atoms with van der Waals surface area (Å²) in [7, 11) is 1.45. The summed E-state index contributed by atoms with van der Waals surface area (Å²) >= 11 is 0. The first-order chi connectivity index (χ1) is 15.0. The highest BCUT2D eigenvalue weighted by atomic mass is 16.5. The van der Waals surface area contributed by atoms with E-state index in [4.69, 9.17) is 4.74 Å². The number of rotatable bonds is 7. The van der Waals surface area contributed by atoms with Gasteiger partial charge in [0.15, 0.2) is 11.5 Å². The van der Waals surface area contributed by atoms with Crippen molar-refractivity contribution in [2.45, 2.75) is 0 Å². The van der Waals surface area contributed by atoms with Gasteiger partial charge in [0.2, 0.25) is 5.91 Å². The van der Waals surface area contributed by atoms with Gasteiger partial charge in [-0.15, -0.1) is 0 Å². The van der Waals surface area contributed by atoms with E-state index in [9.17, 15) is 14.7 Å². The van der Waals surface area contributed by atoms with Gasteiger partial charge in [0, 0.05) is 17.3 Å². The fraction of sp³-hybridized carbons (Fsp3) is 0.0417. The van der Waals surface area contributed by atoms with Gasteiger partial charge >= 0.3 is 0 Å². The van der Waals surface area contributed by atoms with Crippen LogP contribution >= 0.6 is 0 Å². The third-order valence-corrected chi connectivity index (χ3v) is 4.22. The predicted molar refractivity (Wildman–Crippen MR) is 120 cm³/mol. The van der Waals surface area contributed by atoms with Crippen LogP contribution in [0.25, 0.3) is 6.08 Å². The molecule has 0 fully saturated rings. The van der Waals surface area contributed by atoms with E-state index in [1.54, 1.807) is 42.5 Å². The molecule has 3 aromatic carbocycles. The van der Waals surface area contributed by atoms with Crippen LogP contribution in [0.1, 0.15) is 21.5 Å². The molecule has 0 aromatic heterocycles. The lowest BCUT2D eigenvalue weighted by atomic mass is 10.2. The summed E-state index contributed by atoms with van der Waals surface area (Å²) in [5.41, 5.74) is 4.96. The number of aromatic hydroxyl groups is 1. The topological polar surface area (TPSA) is 100 Å². The molecule has 3 N–H and O–H groups in total. The number of hydrogen-bond acceptors (Lipinski definition) is 5. The van der Waals surface area contributed by atoms with E-state index < -0.39 is 5.91 Å². The molecule has 0 bridgehead atoms. The standard InChI is InChI=1S/C24H21N3O4/c1-31-22-15-18(7-13-21(22)28)16-25-27-24(30)19-9-11-20(12-10-19)26-23(29)14-8-17-5-3-2-4-6-17/h2-16,28H,1H3,(H,26,29)(H,27,30)/b14-8+,25-16-.